The summed E-state index contributed by atoms with van der Waals surface area (Å²) in [5.74, 6) is 0.948. The molecule has 0 spiro atoms. The highest BCUT2D eigenvalue weighted by Gasteiger charge is 2.20. The Kier molecular flexibility index (Phi) is 5.23. The smallest absolute Gasteiger partial charge is 0.133 e. The van der Waals surface area contributed by atoms with Crippen molar-refractivity contribution in [2.45, 2.75) is 38.5 Å². The van der Waals surface area contributed by atoms with Gasteiger partial charge in [0.1, 0.15) is 12.4 Å². The molecule has 1 atom stereocenters. The van der Waals surface area contributed by atoms with E-state index in [9.17, 15) is 0 Å². The highest BCUT2D eigenvalue weighted by molar-refractivity contribution is 5.15. The van der Waals surface area contributed by atoms with E-state index in [1.165, 1.54) is 24.9 Å². The van der Waals surface area contributed by atoms with Crippen LogP contribution in [0, 0.1) is 0 Å². The summed E-state index contributed by atoms with van der Waals surface area (Å²) in [6.45, 7) is 3.46. The van der Waals surface area contributed by atoms with Gasteiger partial charge >= 0.3 is 0 Å². The van der Waals surface area contributed by atoms with Gasteiger partial charge in [0.2, 0.25) is 0 Å². The van der Waals surface area contributed by atoms with Gasteiger partial charge in [-0.3, -0.25) is 0 Å². The summed E-state index contributed by atoms with van der Waals surface area (Å²) in [6.07, 6.45) is 5.49. The SMILES string of the molecule is CNCc1ccoc1COCCC1CCCN1C. The minimum atomic E-state index is 0.584. The molecule has 1 fully saturated rings. The molecule has 102 valence electrons. The van der Waals surface area contributed by atoms with Gasteiger partial charge in [0.25, 0.3) is 0 Å². The summed E-state index contributed by atoms with van der Waals surface area (Å²) in [5, 5.41) is 3.13. The van der Waals surface area contributed by atoms with Crippen molar-refractivity contribution >= 4 is 0 Å². The Morgan fingerprint density at radius 2 is 2.44 bits per heavy atom. The summed E-state index contributed by atoms with van der Waals surface area (Å²) < 4.78 is 11.2. The second-order valence-corrected chi connectivity index (χ2v) is 5.02. The molecule has 0 radical (unpaired) electrons. The van der Waals surface area contributed by atoms with Gasteiger partial charge in [-0.05, 0) is 46.0 Å². The lowest BCUT2D eigenvalue weighted by atomic mass is 10.1. The molecule has 1 aromatic rings. The number of ether oxygens (including phenoxy) is 1. The Morgan fingerprint density at radius 3 is 3.17 bits per heavy atom. The summed E-state index contributed by atoms with van der Waals surface area (Å²) >= 11 is 0. The summed E-state index contributed by atoms with van der Waals surface area (Å²) in [6, 6.07) is 2.71. The largest absolute Gasteiger partial charge is 0.467 e. The molecule has 4 heteroatoms. The number of rotatable bonds is 7. The minimum Gasteiger partial charge on any atom is -0.467 e. The monoisotopic (exact) mass is 252 g/mol. The molecule has 0 saturated carbocycles. The molecule has 1 unspecified atom stereocenters. The van der Waals surface area contributed by atoms with E-state index in [0.717, 1.165) is 25.3 Å². The molecule has 1 aliphatic rings. The van der Waals surface area contributed by atoms with Crippen LogP contribution in [0.4, 0.5) is 0 Å². The summed E-state index contributed by atoms with van der Waals surface area (Å²) in [7, 11) is 4.14. The molecular weight excluding hydrogens is 228 g/mol. The van der Waals surface area contributed by atoms with Crippen LogP contribution in [-0.4, -0.2) is 38.2 Å². The third-order valence-electron chi connectivity index (χ3n) is 3.70. The van der Waals surface area contributed by atoms with Crippen LogP contribution in [0.5, 0.6) is 0 Å². The maximum absolute atomic E-state index is 5.73. The first-order valence-corrected chi connectivity index (χ1v) is 6.79. The quantitative estimate of drug-likeness (QED) is 0.753. The number of hydrogen-bond acceptors (Lipinski definition) is 4. The van der Waals surface area contributed by atoms with Crippen molar-refractivity contribution in [3.05, 3.63) is 23.7 Å². The van der Waals surface area contributed by atoms with Crippen molar-refractivity contribution in [1.82, 2.24) is 10.2 Å². The predicted octanol–water partition coefficient (Wildman–Crippen LogP) is 2.00. The molecule has 4 nitrogen and oxygen atoms in total. The van der Waals surface area contributed by atoms with Crippen molar-refractivity contribution in [2.24, 2.45) is 0 Å². The van der Waals surface area contributed by atoms with Crippen molar-refractivity contribution in [2.75, 3.05) is 27.2 Å². The first kappa shape index (κ1) is 13.6. The van der Waals surface area contributed by atoms with Gasteiger partial charge in [-0.1, -0.05) is 0 Å². The minimum absolute atomic E-state index is 0.584. The van der Waals surface area contributed by atoms with Crippen molar-refractivity contribution in [3.63, 3.8) is 0 Å². The maximum atomic E-state index is 5.73. The lowest BCUT2D eigenvalue weighted by Crippen LogP contribution is -2.26. The molecule has 1 saturated heterocycles. The van der Waals surface area contributed by atoms with Crippen LogP contribution in [0.1, 0.15) is 30.6 Å². The molecule has 18 heavy (non-hydrogen) atoms. The first-order valence-electron chi connectivity index (χ1n) is 6.79. The maximum Gasteiger partial charge on any atom is 0.133 e. The van der Waals surface area contributed by atoms with E-state index in [1.807, 2.05) is 13.1 Å². The number of nitrogens with one attached hydrogen (secondary N) is 1. The lowest BCUT2D eigenvalue weighted by Gasteiger charge is -2.18. The van der Waals surface area contributed by atoms with Gasteiger partial charge in [0, 0.05) is 24.8 Å². The van der Waals surface area contributed by atoms with E-state index in [0.29, 0.717) is 12.6 Å². The van der Waals surface area contributed by atoms with E-state index in [4.69, 9.17) is 9.15 Å². The third kappa shape index (κ3) is 3.57. The highest BCUT2D eigenvalue weighted by atomic mass is 16.5. The van der Waals surface area contributed by atoms with E-state index in [2.05, 4.69) is 17.3 Å². The molecule has 0 bridgehead atoms. The average Bonchev–Trinajstić information content (AvgIpc) is 2.95. The highest BCUT2D eigenvalue weighted by Crippen LogP contribution is 2.18. The fourth-order valence-electron chi connectivity index (χ4n) is 2.57. The van der Waals surface area contributed by atoms with Gasteiger partial charge in [0.15, 0.2) is 0 Å². The van der Waals surface area contributed by atoms with Gasteiger partial charge in [-0.2, -0.15) is 0 Å². The Labute approximate surface area is 109 Å². The normalized spacial score (nSPS) is 20.7. The van der Waals surface area contributed by atoms with Crippen LogP contribution >= 0.6 is 0 Å². The van der Waals surface area contributed by atoms with Crippen LogP contribution in [-0.2, 0) is 17.9 Å². The standard InChI is InChI=1S/C14H24N2O2/c1-15-10-12-5-9-18-14(12)11-17-8-6-13-4-3-7-16(13)2/h5,9,13,15H,3-4,6-8,10-11H2,1-2H3. The van der Waals surface area contributed by atoms with Crippen molar-refractivity contribution in [3.8, 4) is 0 Å². The molecule has 2 rings (SSSR count). The number of furan rings is 1. The summed E-state index contributed by atoms with van der Waals surface area (Å²) in [5.41, 5.74) is 1.19. The van der Waals surface area contributed by atoms with Gasteiger partial charge in [-0.25, -0.2) is 0 Å². The predicted molar refractivity (Wildman–Crippen MR) is 71.4 cm³/mol. The van der Waals surface area contributed by atoms with Crippen molar-refractivity contribution < 1.29 is 9.15 Å². The Balaban J connectivity index is 1.67. The number of likely N-dealkylation sites (tertiary alicyclic amines) is 1. The van der Waals surface area contributed by atoms with Crippen LogP contribution in [0.3, 0.4) is 0 Å². The van der Waals surface area contributed by atoms with E-state index in [1.54, 1.807) is 6.26 Å². The molecule has 1 N–H and O–H groups in total. The molecule has 2 heterocycles. The molecule has 0 amide bonds. The summed E-state index contributed by atoms with van der Waals surface area (Å²) in [4.78, 5) is 2.43. The first-order chi connectivity index (χ1) is 8.81. The van der Waals surface area contributed by atoms with Crippen LogP contribution in [0.25, 0.3) is 0 Å². The van der Waals surface area contributed by atoms with E-state index in [-0.39, 0.29) is 0 Å². The van der Waals surface area contributed by atoms with E-state index >= 15 is 0 Å². The number of nitrogens with zero attached hydrogens (tertiary/aromatic N) is 1. The van der Waals surface area contributed by atoms with Gasteiger partial charge in [0.05, 0.1) is 6.26 Å². The van der Waals surface area contributed by atoms with Gasteiger partial charge < -0.3 is 19.4 Å². The Hall–Kier alpha value is -0.840. The zero-order valence-corrected chi connectivity index (χ0v) is 11.4. The zero-order chi connectivity index (χ0) is 12.8. The number of hydrogen-bond donors (Lipinski definition) is 1. The van der Waals surface area contributed by atoms with Crippen LogP contribution < -0.4 is 5.32 Å². The third-order valence-corrected chi connectivity index (χ3v) is 3.70. The molecule has 1 aromatic heterocycles. The average molecular weight is 252 g/mol. The fourth-order valence-corrected chi connectivity index (χ4v) is 2.57. The second-order valence-electron chi connectivity index (χ2n) is 5.02. The molecular formula is C14H24N2O2. The van der Waals surface area contributed by atoms with Crippen LogP contribution in [0.15, 0.2) is 16.7 Å². The van der Waals surface area contributed by atoms with Crippen LogP contribution in [0.2, 0.25) is 0 Å². The molecule has 0 aliphatic carbocycles. The van der Waals surface area contributed by atoms with Crippen molar-refractivity contribution in [1.29, 1.82) is 0 Å². The molecule has 0 aromatic carbocycles. The Morgan fingerprint density at radius 1 is 1.56 bits per heavy atom. The topological polar surface area (TPSA) is 37.6 Å². The second kappa shape index (κ2) is 6.92. The Bertz CT molecular complexity index is 351. The fraction of sp³-hybridized carbons (Fsp3) is 0.714. The van der Waals surface area contributed by atoms with Gasteiger partial charge in [-0.15, -0.1) is 0 Å². The van der Waals surface area contributed by atoms with E-state index < -0.39 is 0 Å². The molecule has 1 aliphatic heterocycles. The zero-order valence-electron chi connectivity index (χ0n) is 11.4. The lowest BCUT2D eigenvalue weighted by molar-refractivity contribution is 0.0887.